The molecule has 0 heterocycles. The number of aliphatic carboxylic acids is 1. The van der Waals surface area contributed by atoms with Crippen LogP contribution in [0.2, 0.25) is 0 Å². The van der Waals surface area contributed by atoms with Crippen molar-refractivity contribution in [2.24, 2.45) is 0 Å². The third kappa shape index (κ3) is 2.55. The van der Waals surface area contributed by atoms with Gasteiger partial charge >= 0.3 is 5.97 Å². The molecule has 0 bridgehead atoms. The molecule has 1 unspecified atom stereocenters. The van der Waals surface area contributed by atoms with E-state index in [1.54, 1.807) is 24.3 Å². The van der Waals surface area contributed by atoms with Gasteiger partial charge in [-0.2, -0.15) is 0 Å². The number of aliphatic hydroxyl groups excluding tert-OH is 1. The minimum atomic E-state index is -1.52. The molecule has 0 fully saturated rings. The van der Waals surface area contributed by atoms with E-state index in [2.05, 4.69) is 0 Å². The van der Waals surface area contributed by atoms with Crippen molar-refractivity contribution in [1.82, 2.24) is 0 Å². The van der Waals surface area contributed by atoms with Gasteiger partial charge < -0.3 is 10.2 Å². The number of carbonyl (C=O) groups is 1. The third-order valence-corrected chi connectivity index (χ3v) is 2.64. The lowest BCUT2D eigenvalue weighted by Gasteiger charge is -2.07. The first-order chi connectivity index (χ1) is 8.58. The highest BCUT2D eigenvalue weighted by atomic mass is 19.1. The highest BCUT2D eigenvalue weighted by Gasteiger charge is 2.15. The molecular formula is C14H11FO3. The summed E-state index contributed by atoms with van der Waals surface area (Å²) >= 11 is 0. The van der Waals surface area contributed by atoms with Gasteiger partial charge in [0.2, 0.25) is 0 Å². The molecule has 0 aromatic heterocycles. The topological polar surface area (TPSA) is 57.5 Å². The number of rotatable bonds is 3. The molecule has 3 nitrogen and oxygen atoms in total. The van der Waals surface area contributed by atoms with Crippen LogP contribution in [0.3, 0.4) is 0 Å². The minimum absolute atomic E-state index is 0.309. The first kappa shape index (κ1) is 12.3. The van der Waals surface area contributed by atoms with Crippen molar-refractivity contribution in [3.63, 3.8) is 0 Å². The van der Waals surface area contributed by atoms with Crippen LogP contribution >= 0.6 is 0 Å². The van der Waals surface area contributed by atoms with Gasteiger partial charge in [0.25, 0.3) is 0 Å². The predicted molar refractivity (Wildman–Crippen MR) is 64.4 cm³/mol. The number of hydrogen-bond acceptors (Lipinski definition) is 2. The van der Waals surface area contributed by atoms with Crippen LogP contribution in [-0.4, -0.2) is 16.2 Å². The van der Waals surface area contributed by atoms with E-state index in [0.717, 1.165) is 11.1 Å². The van der Waals surface area contributed by atoms with Crippen LogP contribution in [0.15, 0.2) is 48.5 Å². The van der Waals surface area contributed by atoms with E-state index in [4.69, 9.17) is 5.11 Å². The molecule has 18 heavy (non-hydrogen) atoms. The Morgan fingerprint density at radius 2 is 1.39 bits per heavy atom. The van der Waals surface area contributed by atoms with E-state index < -0.39 is 12.1 Å². The van der Waals surface area contributed by atoms with Crippen LogP contribution in [0.5, 0.6) is 0 Å². The first-order valence-corrected chi connectivity index (χ1v) is 5.34. The van der Waals surface area contributed by atoms with Gasteiger partial charge in [-0.15, -0.1) is 0 Å². The summed E-state index contributed by atoms with van der Waals surface area (Å²) < 4.78 is 12.8. The second-order valence-corrected chi connectivity index (χ2v) is 3.87. The van der Waals surface area contributed by atoms with Crippen LogP contribution in [0.25, 0.3) is 11.1 Å². The zero-order valence-electron chi connectivity index (χ0n) is 9.38. The maximum Gasteiger partial charge on any atom is 0.337 e. The molecule has 1 atom stereocenters. The monoisotopic (exact) mass is 246 g/mol. The Morgan fingerprint density at radius 3 is 1.83 bits per heavy atom. The summed E-state index contributed by atoms with van der Waals surface area (Å²) in [5, 5.41) is 18.0. The summed E-state index contributed by atoms with van der Waals surface area (Å²) in [5.74, 6) is -1.60. The van der Waals surface area contributed by atoms with Gasteiger partial charge in [-0.3, -0.25) is 0 Å². The second kappa shape index (κ2) is 4.98. The first-order valence-electron chi connectivity index (χ1n) is 5.34. The summed E-state index contributed by atoms with van der Waals surface area (Å²) in [5.41, 5.74) is 1.97. The van der Waals surface area contributed by atoms with Gasteiger partial charge in [-0.05, 0) is 28.8 Å². The Hall–Kier alpha value is -2.20. The maximum atomic E-state index is 12.8. The lowest BCUT2D eigenvalue weighted by molar-refractivity contribution is -0.146. The van der Waals surface area contributed by atoms with Gasteiger partial charge in [0.15, 0.2) is 6.10 Å². The molecule has 0 aliphatic rings. The Bertz CT molecular complexity index is 546. The van der Waals surface area contributed by atoms with Crippen LogP contribution < -0.4 is 0 Å². The highest BCUT2D eigenvalue weighted by molar-refractivity contribution is 5.74. The van der Waals surface area contributed by atoms with E-state index in [0.29, 0.717) is 5.56 Å². The van der Waals surface area contributed by atoms with E-state index in [1.165, 1.54) is 24.3 Å². The average Bonchev–Trinajstić information content (AvgIpc) is 2.39. The van der Waals surface area contributed by atoms with Crippen molar-refractivity contribution < 1.29 is 19.4 Å². The molecule has 92 valence electrons. The summed E-state index contributed by atoms with van der Waals surface area (Å²) in [6, 6.07) is 12.4. The summed E-state index contributed by atoms with van der Waals surface area (Å²) in [7, 11) is 0. The maximum absolute atomic E-state index is 12.8. The molecule has 0 aliphatic heterocycles. The van der Waals surface area contributed by atoms with Crippen molar-refractivity contribution >= 4 is 5.97 Å². The predicted octanol–water partition coefficient (Wildman–Crippen LogP) is 2.61. The zero-order chi connectivity index (χ0) is 13.1. The van der Waals surface area contributed by atoms with Crippen LogP contribution in [0.1, 0.15) is 11.7 Å². The quantitative estimate of drug-likeness (QED) is 0.875. The number of carboxylic acids is 1. The van der Waals surface area contributed by atoms with Gasteiger partial charge in [0.1, 0.15) is 5.82 Å². The smallest absolute Gasteiger partial charge is 0.337 e. The van der Waals surface area contributed by atoms with Crippen molar-refractivity contribution in [3.05, 3.63) is 59.9 Å². The largest absolute Gasteiger partial charge is 0.479 e. The number of carboxylic acid groups (broad SMARTS) is 1. The van der Waals surface area contributed by atoms with Gasteiger partial charge in [-0.25, -0.2) is 9.18 Å². The van der Waals surface area contributed by atoms with Gasteiger partial charge in [-0.1, -0.05) is 36.4 Å². The molecule has 0 amide bonds. The minimum Gasteiger partial charge on any atom is -0.479 e. The molecule has 2 aromatic rings. The molecule has 0 saturated heterocycles. The van der Waals surface area contributed by atoms with E-state index in [1.807, 2.05) is 0 Å². The van der Waals surface area contributed by atoms with Crippen molar-refractivity contribution in [3.8, 4) is 11.1 Å². The lowest BCUT2D eigenvalue weighted by atomic mass is 10.0. The molecular weight excluding hydrogens is 235 g/mol. The van der Waals surface area contributed by atoms with Crippen LogP contribution in [-0.2, 0) is 4.79 Å². The van der Waals surface area contributed by atoms with Gasteiger partial charge in [0.05, 0.1) is 0 Å². The van der Waals surface area contributed by atoms with Gasteiger partial charge in [0, 0.05) is 0 Å². The lowest BCUT2D eigenvalue weighted by Crippen LogP contribution is -2.09. The summed E-state index contributed by atoms with van der Waals surface area (Å²) in [6.07, 6.45) is -1.52. The molecule has 0 saturated carbocycles. The number of aliphatic hydroxyl groups is 1. The second-order valence-electron chi connectivity index (χ2n) is 3.87. The molecule has 0 spiro atoms. The molecule has 0 aliphatic carbocycles. The average molecular weight is 246 g/mol. The normalized spacial score (nSPS) is 12.1. The van der Waals surface area contributed by atoms with E-state index in [9.17, 15) is 14.3 Å². The fraction of sp³-hybridized carbons (Fsp3) is 0.0714. The number of benzene rings is 2. The van der Waals surface area contributed by atoms with Crippen molar-refractivity contribution in [2.45, 2.75) is 6.10 Å². The Balaban J connectivity index is 2.27. The van der Waals surface area contributed by atoms with E-state index >= 15 is 0 Å². The SMILES string of the molecule is O=C(O)C(O)c1ccc(-c2ccc(F)cc2)cc1. The van der Waals surface area contributed by atoms with Crippen LogP contribution in [0, 0.1) is 5.82 Å². The van der Waals surface area contributed by atoms with Crippen molar-refractivity contribution in [2.75, 3.05) is 0 Å². The fourth-order valence-corrected chi connectivity index (χ4v) is 1.64. The molecule has 0 radical (unpaired) electrons. The third-order valence-electron chi connectivity index (χ3n) is 2.64. The number of hydrogen-bond donors (Lipinski definition) is 2. The highest BCUT2D eigenvalue weighted by Crippen LogP contribution is 2.22. The molecule has 2 rings (SSSR count). The molecule has 2 N–H and O–H groups in total. The standard InChI is InChI=1S/C14H11FO3/c15-12-7-5-10(6-8-12)9-1-3-11(4-2-9)13(16)14(17)18/h1-8,13,16H,(H,17,18). The number of halogens is 1. The van der Waals surface area contributed by atoms with Crippen molar-refractivity contribution in [1.29, 1.82) is 0 Å². The zero-order valence-corrected chi connectivity index (χ0v) is 9.38. The summed E-state index contributed by atoms with van der Waals surface area (Å²) in [6.45, 7) is 0. The molecule has 4 heteroatoms. The fourth-order valence-electron chi connectivity index (χ4n) is 1.64. The van der Waals surface area contributed by atoms with Crippen LogP contribution in [0.4, 0.5) is 4.39 Å². The summed E-state index contributed by atoms with van der Waals surface area (Å²) in [4.78, 5) is 10.6. The van der Waals surface area contributed by atoms with E-state index in [-0.39, 0.29) is 5.82 Å². The Kier molecular flexibility index (Phi) is 3.39. The molecule has 2 aromatic carbocycles. The Labute approximate surface area is 103 Å². The Morgan fingerprint density at radius 1 is 0.944 bits per heavy atom.